The second kappa shape index (κ2) is 22.0. The predicted molar refractivity (Wildman–Crippen MR) is 238 cm³/mol. The number of nitrogens with two attached hydrogens (primary N) is 1. The highest BCUT2D eigenvalue weighted by Gasteiger charge is 2.34. The summed E-state index contributed by atoms with van der Waals surface area (Å²) in [7, 11) is 0. The van der Waals surface area contributed by atoms with Crippen molar-refractivity contribution in [3.8, 4) is 11.5 Å². The average Bonchev–Trinajstić information content (AvgIpc) is 3.25. The minimum atomic E-state index is -1.30. The van der Waals surface area contributed by atoms with Gasteiger partial charge in [-0.2, -0.15) is 0 Å². The van der Waals surface area contributed by atoms with Crippen molar-refractivity contribution in [2.24, 2.45) is 17.6 Å². The van der Waals surface area contributed by atoms with Crippen molar-refractivity contribution >= 4 is 46.2 Å². The zero-order valence-corrected chi connectivity index (χ0v) is 35.7. The monoisotopic (exact) mass is 857 g/mol. The van der Waals surface area contributed by atoms with E-state index in [0.717, 1.165) is 0 Å². The molecule has 0 aliphatic rings. The van der Waals surface area contributed by atoms with Crippen molar-refractivity contribution in [2.75, 3.05) is 0 Å². The highest BCUT2D eigenvalue weighted by atomic mass is 16.3. The van der Waals surface area contributed by atoms with Crippen LogP contribution in [0, 0.1) is 11.8 Å². The van der Waals surface area contributed by atoms with Crippen molar-refractivity contribution in [1.29, 1.82) is 0 Å². The number of nitrogens with zero attached hydrogens (tertiary/aromatic N) is 1. The molecular formula is C48H55N7O8. The third-order valence-electron chi connectivity index (χ3n) is 10.4. The fraction of sp³-hybridized carbons (Fsp3) is 0.312. The number of rotatable bonds is 20. The number of amides is 6. The van der Waals surface area contributed by atoms with Gasteiger partial charge in [-0.25, -0.2) is 0 Å². The second-order valence-corrected chi connectivity index (χ2v) is 16.3. The van der Waals surface area contributed by atoms with Gasteiger partial charge in [-0.3, -0.25) is 33.8 Å². The van der Waals surface area contributed by atoms with Gasteiger partial charge in [0.05, 0.1) is 5.56 Å². The summed E-state index contributed by atoms with van der Waals surface area (Å²) in [6, 6.07) is 22.7. The molecular weight excluding hydrogens is 803 g/mol. The van der Waals surface area contributed by atoms with Crippen LogP contribution >= 0.6 is 0 Å². The molecule has 330 valence electrons. The molecule has 0 radical (unpaired) electrons. The summed E-state index contributed by atoms with van der Waals surface area (Å²) in [5.74, 6) is -5.19. The maximum absolute atomic E-state index is 14.5. The molecule has 0 spiro atoms. The molecule has 0 aliphatic heterocycles. The Morgan fingerprint density at radius 2 is 1.10 bits per heavy atom. The quantitative estimate of drug-likeness (QED) is 0.0570. The molecule has 0 aliphatic carbocycles. The molecule has 0 fully saturated rings. The second-order valence-electron chi connectivity index (χ2n) is 16.3. The molecule has 1 aromatic heterocycles. The Labute approximate surface area is 366 Å². The van der Waals surface area contributed by atoms with Crippen molar-refractivity contribution in [2.45, 2.75) is 83.6 Å². The van der Waals surface area contributed by atoms with Crippen LogP contribution in [0.1, 0.15) is 61.2 Å². The lowest BCUT2D eigenvalue weighted by Crippen LogP contribution is -2.60. The highest BCUT2D eigenvalue weighted by molar-refractivity contribution is 6.04. The maximum Gasteiger partial charge on any atom is 0.255 e. The number of carbonyl (C=O) groups excluding carboxylic acids is 6. The number of aromatic nitrogens is 1. The standard InChI is InChI=1S/C48H55N7O8/c1-28(2)21-36(43(49)58)51-48(63)42(29(3)4)55-47(62)38(23-31-15-9-6-10-16-31)54-45(60)37(22-30-13-7-5-8-14-30)53-46(61)39(24-32-17-12-20-50-27-32)52-44(59)35-26-34-33(25-41(35)57)18-11-19-40(34)56/h5-20,25-29,36-39,42,56-57H,21-24H2,1-4H3,(H2,49,58)(H,51,63)(H,52,59)(H,53,61)(H,54,60)(H,55,62)/t36-,37-,38-,39-,42-/m1/s1. The molecule has 5 rings (SSSR count). The van der Waals surface area contributed by atoms with Crippen molar-refractivity contribution < 1.29 is 39.0 Å². The van der Waals surface area contributed by atoms with Gasteiger partial charge in [0, 0.05) is 37.0 Å². The molecule has 5 aromatic rings. The van der Waals surface area contributed by atoms with Crippen LogP contribution in [-0.2, 0) is 43.2 Å². The third-order valence-corrected chi connectivity index (χ3v) is 10.4. The van der Waals surface area contributed by atoms with Gasteiger partial charge in [0.15, 0.2) is 0 Å². The lowest BCUT2D eigenvalue weighted by atomic mass is 9.98. The molecule has 0 saturated carbocycles. The van der Waals surface area contributed by atoms with E-state index in [4.69, 9.17) is 5.73 Å². The fourth-order valence-corrected chi connectivity index (χ4v) is 7.11. The molecule has 15 heteroatoms. The first kappa shape index (κ1) is 46.8. The van der Waals surface area contributed by atoms with E-state index in [2.05, 4.69) is 31.6 Å². The van der Waals surface area contributed by atoms with E-state index in [-0.39, 0.29) is 42.2 Å². The van der Waals surface area contributed by atoms with E-state index in [9.17, 15) is 39.0 Å². The third kappa shape index (κ3) is 13.3. The minimum Gasteiger partial charge on any atom is -0.507 e. The van der Waals surface area contributed by atoms with E-state index in [0.29, 0.717) is 33.9 Å². The van der Waals surface area contributed by atoms with Gasteiger partial charge in [-0.15, -0.1) is 0 Å². The summed E-state index contributed by atoms with van der Waals surface area (Å²) >= 11 is 0. The first-order chi connectivity index (χ1) is 30.1. The number of phenols is 2. The van der Waals surface area contributed by atoms with Crippen LogP contribution in [0.5, 0.6) is 11.5 Å². The van der Waals surface area contributed by atoms with Gasteiger partial charge in [-0.05, 0) is 64.6 Å². The van der Waals surface area contributed by atoms with Gasteiger partial charge < -0.3 is 42.5 Å². The first-order valence-corrected chi connectivity index (χ1v) is 20.8. The van der Waals surface area contributed by atoms with E-state index in [1.165, 1.54) is 24.4 Å². The molecule has 5 atom stereocenters. The van der Waals surface area contributed by atoms with Gasteiger partial charge in [-0.1, -0.05) is 107 Å². The predicted octanol–water partition coefficient (Wildman–Crippen LogP) is 3.60. The molecule has 0 bridgehead atoms. The first-order valence-electron chi connectivity index (χ1n) is 20.8. The Kier molecular flexibility index (Phi) is 16.3. The average molecular weight is 858 g/mol. The van der Waals surface area contributed by atoms with Crippen LogP contribution in [0.2, 0.25) is 0 Å². The van der Waals surface area contributed by atoms with Crippen LogP contribution in [0.3, 0.4) is 0 Å². The normalized spacial score (nSPS) is 13.6. The maximum atomic E-state index is 14.5. The summed E-state index contributed by atoms with van der Waals surface area (Å²) in [6.45, 7) is 7.23. The van der Waals surface area contributed by atoms with Crippen LogP contribution in [-0.4, -0.2) is 80.8 Å². The number of pyridine rings is 1. The summed E-state index contributed by atoms with van der Waals surface area (Å²) in [5, 5.41) is 35.9. The molecule has 4 aromatic carbocycles. The number of nitrogens with one attached hydrogen (secondary N) is 5. The van der Waals surface area contributed by atoms with Crippen LogP contribution in [0.25, 0.3) is 10.8 Å². The van der Waals surface area contributed by atoms with Crippen molar-refractivity contribution in [3.63, 3.8) is 0 Å². The SMILES string of the molecule is CC(C)C[C@@H](NC(=O)[C@H](NC(=O)[C@@H](Cc1ccccc1)NC(=O)[C@@H](Cc1ccccc1)NC(=O)[C@@H](Cc1cccnc1)NC(=O)c1cc2c(O)cccc2cc1O)C(C)C)C(N)=O. The van der Waals surface area contributed by atoms with Gasteiger partial charge >= 0.3 is 0 Å². The number of aromatic hydroxyl groups is 2. The van der Waals surface area contributed by atoms with Crippen LogP contribution in [0.4, 0.5) is 0 Å². The zero-order valence-electron chi connectivity index (χ0n) is 35.7. The molecule has 6 amide bonds. The Morgan fingerprint density at radius 1 is 0.571 bits per heavy atom. The number of benzene rings is 4. The topological polar surface area (TPSA) is 242 Å². The van der Waals surface area contributed by atoms with Crippen molar-refractivity contribution in [3.05, 3.63) is 138 Å². The Morgan fingerprint density at radius 3 is 1.62 bits per heavy atom. The molecule has 0 unspecified atom stereocenters. The van der Waals surface area contributed by atoms with E-state index in [1.54, 1.807) is 105 Å². The van der Waals surface area contributed by atoms with Gasteiger partial charge in [0.1, 0.15) is 41.7 Å². The number of carbonyl (C=O) groups is 6. The Hall–Kier alpha value is -7.29. The molecule has 9 N–H and O–H groups in total. The number of primary amides is 1. The largest absolute Gasteiger partial charge is 0.507 e. The van der Waals surface area contributed by atoms with E-state index in [1.807, 2.05) is 13.8 Å². The molecule has 15 nitrogen and oxygen atoms in total. The van der Waals surface area contributed by atoms with E-state index >= 15 is 0 Å². The highest BCUT2D eigenvalue weighted by Crippen LogP contribution is 2.30. The smallest absolute Gasteiger partial charge is 0.255 e. The lowest BCUT2D eigenvalue weighted by molar-refractivity contribution is -0.135. The van der Waals surface area contributed by atoms with Crippen LogP contribution in [0.15, 0.2) is 116 Å². The Bertz CT molecular complexity index is 2380. The number of hydrogen-bond donors (Lipinski definition) is 8. The zero-order chi connectivity index (χ0) is 45.6. The van der Waals surface area contributed by atoms with Gasteiger partial charge in [0.2, 0.25) is 29.5 Å². The number of phenolic OH excluding ortho intramolecular Hbond substituents is 2. The Balaban J connectivity index is 1.44. The molecule has 63 heavy (non-hydrogen) atoms. The van der Waals surface area contributed by atoms with E-state index < -0.39 is 71.6 Å². The molecule has 1 heterocycles. The minimum absolute atomic E-state index is 0.0125. The summed E-state index contributed by atoms with van der Waals surface area (Å²) in [4.78, 5) is 86.9. The fourth-order valence-electron chi connectivity index (χ4n) is 7.11. The number of hydrogen-bond acceptors (Lipinski definition) is 9. The lowest BCUT2D eigenvalue weighted by Gasteiger charge is -2.28. The summed E-state index contributed by atoms with van der Waals surface area (Å²) in [6.07, 6.45) is 3.32. The summed E-state index contributed by atoms with van der Waals surface area (Å²) < 4.78 is 0. The number of fused-ring (bicyclic) bond motifs is 1. The van der Waals surface area contributed by atoms with Crippen molar-refractivity contribution in [1.82, 2.24) is 31.6 Å². The molecule has 0 saturated heterocycles. The summed E-state index contributed by atoms with van der Waals surface area (Å²) in [5.41, 5.74) is 7.36. The van der Waals surface area contributed by atoms with Crippen LogP contribution < -0.4 is 32.3 Å². The van der Waals surface area contributed by atoms with Gasteiger partial charge in [0.25, 0.3) is 5.91 Å².